The first-order valence-electron chi connectivity index (χ1n) is 5.09. The SMILES string of the molecule is CNC(=O)NC(=O)C(C)NC1(C(F)(F)F)CC1. The molecule has 0 spiro atoms. The number of alkyl halides is 3. The topological polar surface area (TPSA) is 70.2 Å². The highest BCUT2D eigenvalue weighted by atomic mass is 19.4. The highest BCUT2D eigenvalue weighted by molar-refractivity contribution is 5.96. The molecule has 3 amide bonds. The summed E-state index contributed by atoms with van der Waals surface area (Å²) in [7, 11) is 1.30. The van der Waals surface area contributed by atoms with Gasteiger partial charge in [0, 0.05) is 7.05 Å². The molecule has 3 N–H and O–H groups in total. The van der Waals surface area contributed by atoms with Crippen LogP contribution in [-0.4, -0.2) is 36.7 Å². The number of nitrogens with one attached hydrogen (secondary N) is 3. The fraction of sp³-hybridized carbons (Fsp3) is 0.778. The second-order valence-corrected chi connectivity index (χ2v) is 4.01. The van der Waals surface area contributed by atoms with E-state index in [1.54, 1.807) is 0 Å². The zero-order valence-corrected chi connectivity index (χ0v) is 9.44. The molecule has 1 unspecified atom stereocenters. The minimum atomic E-state index is -4.38. The average molecular weight is 253 g/mol. The Balaban J connectivity index is 2.53. The highest BCUT2D eigenvalue weighted by Crippen LogP contribution is 2.49. The third-order valence-corrected chi connectivity index (χ3v) is 2.64. The summed E-state index contributed by atoms with van der Waals surface area (Å²) in [4.78, 5) is 22.2. The molecule has 0 aromatic heterocycles. The Morgan fingerprint density at radius 2 is 1.82 bits per heavy atom. The zero-order chi connectivity index (χ0) is 13.3. The van der Waals surface area contributed by atoms with Crippen molar-refractivity contribution in [1.29, 1.82) is 0 Å². The summed E-state index contributed by atoms with van der Waals surface area (Å²) in [6, 6.07) is -1.84. The summed E-state index contributed by atoms with van der Waals surface area (Å²) in [6.45, 7) is 1.28. The number of carbonyl (C=O) groups excluding carboxylic acids is 2. The van der Waals surface area contributed by atoms with Gasteiger partial charge in [-0.25, -0.2) is 4.79 Å². The Morgan fingerprint density at radius 1 is 1.29 bits per heavy atom. The summed E-state index contributed by atoms with van der Waals surface area (Å²) in [5.74, 6) is -0.792. The number of rotatable bonds is 3. The Morgan fingerprint density at radius 3 is 2.18 bits per heavy atom. The van der Waals surface area contributed by atoms with E-state index in [9.17, 15) is 22.8 Å². The van der Waals surface area contributed by atoms with E-state index in [4.69, 9.17) is 0 Å². The maximum Gasteiger partial charge on any atom is 0.406 e. The van der Waals surface area contributed by atoms with E-state index in [0.717, 1.165) is 0 Å². The number of halogens is 3. The lowest BCUT2D eigenvalue weighted by Crippen LogP contribution is -2.55. The number of urea groups is 1. The number of amides is 3. The molecule has 0 aliphatic heterocycles. The predicted octanol–water partition coefficient (Wildman–Crippen LogP) is 0.515. The lowest BCUT2D eigenvalue weighted by molar-refractivity contribution is -0.168. The summed E-state index contributed by atoms with van der Waals surface area (Å²) >= 11 is 0. The molecule has 1 fully saturated rings. The van der Waals surface area contributed by atoms with Crippen LogP contribution in [0.25, 0.3) is 0 Å². The molecule has 0 aromatic carbocycles. The minimum Gasteiger partial charge on any atom is -0.341 e. The summed E-state index contributed by atoms with van der Waals surface area (Å²) in [6.07, 6.45) is -4.48. The van der Waals surface area contributed by atoms with Crippen LogP contribution in [0.2, 0.25) is 0 Å². The van der Waals surface area contributed by atoms with Crippen LogP contribution in [0.1, 0.15) is 19.8 Å². The van der Waals surface area contributed by atoms with Gasteiger partial charge < -0.3 is 5.32 Å². The number of imide groups is 1. The highest BCUT2D eigenvalue weighted by Gasteiger charge is 2.63. The third kappa shape index (κ3) is 3.09. The van der Waals surface area contributed by atoms with Crippen LogP contribution >= 0.6 is 0 Å². The molecule has 98 valence electrons. The molecule has 0 heterocycles. The molecule has 5 nitrogen and oxygen atoms in total. The van der Waals surface area contributed by atoms with Crippen molar-refractivity contribution in [2.24, 2.45) is 0 Å². The van der Waals surface area contributed by atoms with Gasteiger partial charge in [0.1, 0.15) is 5.54 Å². The molecule has 17 heavy (non-hydrogen) atoms. The van der Waals surface area contributed by atoms with E-state index in [-0.39, 0.29) is 12.8 Å². The van der Waals surface area contributed by atoms with Crippen LogP contribution in [0.5, 0.6) is 0 Å². The monoisotopic (exact) mass is 253 g/mol. The van der Waals surface area contributed by atoms with Gasteiger partial charge in [0.25, 0.3) is 0 Å². The molecule has 1 aliphatic carbocycles. The predicted molar refractivity (Wildman–Crippen MR) is 53.2 cm³/mol. The largest absolute Gasteiger partial charge is 0.406 e. The molecule has 0 radical (unpaired) electrons. The summed E-state index contributed by atoms with van der Waals surface area (Å²) < 4.78 is 37.7. The van der Waals surface area contributed by atoms with Gasteiger partial charge in [0.15, 0.2) is 0 Å². The van der Waals surface area contributed by atoms with Crippen LogP contribution in [-0.2, 0) is 4.79 Å². The molecule has 8 heteroatoms. The lowest BCUT2D eigenvalue weighted by Gasteiger charge is -2.24. The Kier molecular flexibility index (Phi) is 3.65. The van der Waals surface area contributed by atoms with Crippen LogP contribution in [0.3, 0.4) is 0 Å². The van der Waals surface area contributed by atoms with Crippen molar-refractivity contribution < 1.29 is 22.8 Å². The van der Waals surface area contributed by atoms with E-state index < -0.39 is 29.7 Å². The normalized spacial score (nSPS) is 19.4. The quantitative estimate of drug-likeness (QED) is 0.686. The van der Waals surface area contributed by atoms with Crippen molar-refractivity contribution in [1.82, 2.24) is 16.0 Å². The van der Waals surface area contributed by atoms with E-state index in [1.807, 2.05) is 5.32 Å². The average Bonchev–Trinajstić information content (AvgIpc) is 2.97. The van der Waals surface area contributed by atoms with Gasteiger partial charge in [-0.15, -0.1) is 0 Å². The van der Waals surface area contributed by atoms with Crippen molar-refractivity contribution in [3.8, 4) is 0 Å². The first-order chi connectivity index (χ1) is 7.72. The Hall–Kier alpha value is -1.31. The molecule has 1 rings (SSSR count). The molecular weight excluding hydrogens is 239 g/mol. The molecule has 1 aliphatic rings. The number of carbonyl (C=O) groups is 2. The van der Waals surface area contributed by atoms with Gasteiger partial charge in [-0.2, -0.15) is 13.2 Å². The minimum absolute atomic E-state index is 0.0475. The van der Waals surface area contributed by atoms with Crippen molar-refractivity contribution in [2.75, 3.05) is 7.05 Å². The number of hydrogen-bond donors (Lipinski definition) is 3. The third-order valence-electron chi connectivity index (χ3n) is 2.64. The lowest BCUT2D eigenvalue weighted by atomic mass is 10.2. The van der Waals surface area contributed by atoms with Gasteiger partial charge in [0.05, 0.1) is 6.04 Å². The van der Waals surface area contributed by atoms with Crippen LogP contribution in [0.15, 0.2) is 0 Å². The van der Waals surface area contributed by atoms with Crippen LogP contribution in [0, 0.1) is 0 Å². The van der Waals surface area contributed by atoms with Gasteiger partial charge in [-0.1, -0.05) is 0 Å². The van der Waals surface area contributed by atoms with E-state index in [1.165, 1.54) is 14.0 Å². The fourth-order valence-electron chi connectivity index (χ4n) is 1.40. The molecule has 0 bridgehead atoms. The van der Waals surface area contributed by atoms with Crippen LogP contribution in [0.4, 0.5) is 18.0 Å². The van der Waals surface area contributed by atoms with Crippen LogP contribution < -0.4 is 16.0 Å². The van der Waals surface area contributed by atoms with Gasteiger partial charge in [-0.05, 0) is 19.8 Å². The molecule has 0 aromatic rings. The van der Waals surface area contributed by atoms with Crippen molar-refractivity contribution in [2.45, 2.75) is 37.5 Å². The summed E-state index contributed by atoms with van der Waals surface area (Å²) in [5, 5.41) is 6.27. The number of hydrogen-bond acceptors (Lipinski definition) is 3. The van der Waals surface area contributed by atoms with Crippen molar-refractivity contribution >= 4 is 11.9 Å². The Labute approximate surface area is 96.1 Å². The second-order valence-electron chi connectivity index (χ2n) is 4.01. The van der Waals surface area contributed by atoms with Crippen molar-refractivity contribution in [3.05, 3.63) is 0 Å². The van der Waals surface area contributed by atoms with E-state index >= 15 is 0 Å². The Bertz CT molecular complexity index is 326. The fourth-order valence-corrected chi connectivity index (χ4v) is 1.40. The first kappa shape index (κ1) is 13.8. The molecular formula is C9H14F3N3O2. The first-order valence-corrected chi connectivity index (χ1v) is 5.09. The van der Waals surface area contributed by atoms with Gasteiger partial charge in [0.2, 0.25) is 5.91 Å². The van der Waals surface area contributed by atoms with E-state index in [2.05, 4.69) is 10.6 Å². The van der Waals surface area contributed by atoms with E-state index in [0.29, 0.717) is 0 Å². The molecule has 1 saturated carbocycles. The second kappa shape index (κ2) is 4.52. The summed E-state index contributed by atoms with van der Waals surface area (Å²) in [5.41, 5.74) is -1.97. The van der Waals surface area contributed by atoms with Gasteiger partial charge in [-0.3, -0.25) is 15.4 Å². The maximum atomic E-state index is 12.6. The smallest absolute Gasteiger partial charge is 0.341 e. The zero-order valence-electron chi connectivity index (χ0n) is 9.44. The maximum absolute atomic E-state index is 12.6. The van der Waals surface area contributed by atoms with Gasteiger partial charge >= 0.3 is 12.2 Å². The molecule has 1 atom stereocenters. The van der Waals surface area contributed by atoms with Crippen molar-refractivity contribution in [3.63, 3.8) is 0 Å². The standard InChI is InChI=1S/C9H14F3N3O2/c1-5(6(16)14-7(17)13-2)15-8(3-4-8)9(10,11)12/h5,15H,3-4H2,1-2H3,(H2,13,14,16,17). The molecule has 0 saturated heterocycles.